The van der Waals surface area contributed by atoms with Gasteiger partial charge < -0.3 is 9.94 Å². The standard InChI is InChI=1S/C15H12N4O6/c1-8-11(19(23)25-18-8)7-24-12-5-3-2-4-9(12)6-10-13(20)16-15(22)17-14(10)21/h2-6H,7H2,1H3,(H2,16,17,20,21,22). The highest BCUT2D eigenvalue weighted by Crippen LogP contribution is 2.22. The molecule has 4 amide bonds. The smallest absolute Gasteiger partial charge is 0.328 e. The summed E-state index contributed by atoms with van der Waals surface area (Å²) in [6, 6.07) is 5.72. The Kier molecular flexibility index (Phi) is 4.16. The van der Waals surface area contributed by atoms with Crippen LogP contribution in [0.4, 0.5) is 4.79 Å². The zero-order chi connectivity index (χ0) is 18.0. The summed E-state index contributed by atoms with van der Waals surface area (Å²) in [6.45, 7) is 1.48. The zero-order valence-electron chi connectivity index (χ0n) is 12.9. The number of imide groups is 2. The van der Waals surface area contributed by atoms with Gasteiger partial charge in [0.05, 0.1) is 0 Å². The molecule has 1 aromatic heterocycles. The van der Waals surface area contributed by atoms with Gasteiger partial charge in [-0.15, -0.1) is 0 Å². The number of aromatic nitrogens is 2. The van der Waals surface area contributed by atoms with Crippen LogP contribution in [0.2, 0.25) is 0 Å². The number of hydrogen-bond acceptors (Lipinski definition) is 7. The van der Waals surface area contributed by atoms with Crippen LogP contribution in [-0.2, 0) is 16.2 Å². The third-order valence-corrected chi connectivity index (χ3v) is 3.42. The van der Waals surface area contributed by atoms with Gasteiger partial charge in [-0.1, -0.05) is 18.2 Å². The van der Waals surface area contributed by atoms with Gasteiger partial charge in [0.2, 0.25) is 11.4 Å². The fourth-order valence-electron chi connectivity index (χ4n) is 2.13. The van der Waals surface area contributed by atoms with E-state index in [2.05, 4.69) is 9.79 Å². The van der Waals surface area contributed by atoms with Crippen LogP contribution in [0.25, 0.3) is 6.08 Å². The van der Waals surface area contributed by atoms with E-state index in [9.17, 15) is 19.6 Å². The molecule has 2 heterocycles. The molecule has 128 valence electrons. The Balaban J connectivity index is 1.86. The fourth-order valence-corrected chi connectivity index (χ4v) is 2.13. The molecule has 2 aromatic rings. The minimum Gasteiger partial charge on any atom is -0.484 e. The molecule has 10 nitrogen and oxygen atoms in total. The molecule has 0 radical (unpaired) electrons. The predicted molar refractivity (Wildman–Crippen MR) is 80.6 cm³/mol. The molecule has 25 heavy (non-hydrogen) atoms. The molecule has 1 aliphatic rings. The quantitative estimate of drug-likeness (QED) is 0.450. The Bertz CT molecular complexity index is 860. The number of carbonyl (C=O) groups excluding carboxylic acids is 3. The van der Waals surface area contributed by atoms with Crippen LogP contribution in [0.1, 0.15) is 17.0 Å². The monoisotopic (exact) mass is 344 g/mol. The van der Waals surface area contributed by atoms with E-state index in [1.165, 1.54) is 6.08 Å². The van der Waals surface area contributed by atoms with Crippen molar-refractivity contribution in [1.82, 2.24) is 15.8 Å². The van der Waals surface area contributed by atoms with Crippen molar-refractivity contribution in [2.24, 2.45) is 0 Å². The van der Waals surface area contributed by atoms with Crippen LogP contribution in [0.3, 0.4) is 0 Å². The number of rotatable bonds is 4. The summed E-state index contributed by atoms with van der Waals surface area (Å²) in [6.07, 6.45) is 1.29. The maximum absolute atomic E-state index is 11.8. The van der Waals surface area contributed by atoms with Gasteiger partial charge in [-0.3, -0.25) is 24.9 Å². The van der Waals surface area contributed by atoms with Gasteiger partial charge >= 0.3 is 6.03 Å². The van der Waals surface area contributed by atoms with Crippen molar-refractivity contribution in [3.63, 3.8) is 0 Å². The average Bonchev–Trinajstić information content (AvgIpc) is 2.88. The molecule has 0 spiro atoms. The van der Waals surface area contributed by atoms with Gasteiger partial charge in [0.25, 0.3) is 11.8 Å². The normalized spacial score (nSPS) is 14.1. The Hall–Kier alpha value is -3.69. The molecule has 1 fully saturated rings. The van der Waals surface area contributed by atoms with Gasteiger partial charge in [0.15, 0.2) is 6.61 Å². The lowest BCUT2D eigenvalue weighted by molar-refractivity contribution is -0.808. The van der Waals surface area contributed by atoms with Crippen molar-refractivity contribution < 1.29 is 28.7 Å². The predicted octanol–water partition coefficient (Wildman–Crippen LogP) is -0.0552. The minimum atomic E-state index is -0.875. The van der Waals surface area contributed by atoms with Crippen molar-refractivity contribution >= 4 is 23.9 Å². The zero-order valence-corrected chi connectivity index (χ0v) is 12.9. The lowest BCUT2D eigenvalue weighted by atomic mass is 10.1. The third kappa shape index (κ3) is 3.32. The molecular weight excluding hydrogens is 332 g/mol. The Morgan fingerprint density at radius 2 is 1.92 bits per heavy atom. The molecule has 1 aromatic carbocycles. The topological polar surface area (TPSA) is 137 Å². The summed E-state index contributed by atoms with van der Waals surface area (Å²) in [5, 5.41) is 18.9. The molecule has 10 heteroatoms. The number of ether oxygens (including phenoxy) is 1. The molecule has 0 saturated carbocycles. The van der Waals surface area contributed by atoms with Crippen molar-refractivity contribution in [2.75, 3.05) is 0 Å². The van der Waals surface area contributed by atoms with Crippen LogP contribution < -0.4 is 20.3 Å². The van der Waals surface area contributed by atoms with Crippen molar-refractivity contribution in [3.8, 4) is 5.75 Å². The second kappa shape index (κ2) is 6.43. The first-order valence-electron chi connectivity index (χ1n) is 7.11. The second-order valence-electron chi connectivity index (χ2n) is 5.08. The highest BCUT2D eigenvalue weighted by Gasteiger charge is 2.28. The van der Waals surface area contributed by atoms with Crippen molar-refractivity contribution in [2.45, 2.75) is 13.5 Å². The molecule has 3 rings (SSSR count). The summed E-state index contributed by atoms with van der Waals surface area (Å²) >= 11 is 0. The number of benzene rings is 1. The molecule has 0 atom stereocenters. The molecule has 2 N–H and O–H groups in total. The molecule has 0 bridgehead atoms. The number of urea groups is 1. The van der Waals surface area contributed by atoms with Crippen molar-refractivity contribution in [3.05, 3.63) is 52.0 Å². The maximum Gasteiger partial charge on any atom is 0.328 e. The number of hydrogen-bond donors (Lipinski definition) is 2. The van der Waals surface area contributed by atoms with E-state index in [0.29, 0.717) is 17.0 Å². The van der Waals surface area contributed by atoms with E-state index in [4.69, 9.17) is 4.74 Å². The lowest BCUT2D eigenvalue weighted by Crippen LogP contribution is -2.51. The van der Waals surface area contributed by atoms with E-state index in [0.717, 1.165) is 0 Å². The van der Waals surface area contributed by atoms with Crippen LogP contribution in [-0.4, -0.2) is 23.0 Å². The largest absolute Gasteiger partial charge is 0.484 e. The number of nitrogens with zero attached hydrogens (tertiary/aromatic N) is 2. The molecule has 1 saturated heterocycles. The van der Waals surface area contributed by atoms with E-state index >= 15 is 0 Å². The first kappa shape index (κ1) is 16.2. The van der Waals surface area contributed by atoms with Gasteiger partial charge in [-0.25, -0.2) is 4.79 Å². The first-order valence-corrected chi connectivity index (χ1v) is 7.11. The van der Waals surface area contributed by atoms with Gasteiger partial charge in [0, 0.05) is 17.6 Å². The SMILES string of the molecule is Cc1no[n+]([O-])c1COc1ccccc1C=C1C(=O)NC(=O)NC1=O. The van der Waals surface area contributed by atoms with Gasteiger partial charge in [-0.05, 0) is 17.0 Å². The Morgan fingerprint density at radius 3 is 2.56 bits per heavy atom. The minimum absolute atomic E-state index is 0.115. The van der Waals surface area contributed by atoms with Crippen molar-refractivity contribution in [1.29, 1.82) is 0 Å². The fraction of sp³-hybridized carbons (Fsp3) is 0.133. The highest BCUT2D eigenvalue weighted by molar-refractivity contribution is 6.31. The summed E-state index contributed by atoms with van der Waals surface area (Å²) < 4.78 is 10.0. The maximum atomic E-state index is 11.8. The molecule has 0 unspecified atom stereocenters. The van der Waals surface area contributed by atoms with E-state index in [-0.39, 0.29) is 22.8 Å². The van der Waals surface area contributed by atoms with Crippen LogP contribution in [0, 0.1) is 12.1 Å². The number of aryl methyl sites for hydroxylation is 1. The van der Waals surface area contributed by atoms with E-state index in [1.54, 1.807) is 31.2 Å². The number of barbiturate groups is 1. The average molecular weight is 344 g/mol. The Labute approximate surface area is 140 Å². The number of para-hydroxylation sites is 1. The van der Waals surface area contributed by atoms with Gasteiger partial charge in [-0.2, -0.15) is 0 Å². The number of carbonyl (C=O) groups is 3. The summed E-state index contributed by atoms with van der Waals surface area (Å²) in [4.78, 5) is 34.9. The van der Waals surface area contributed by atoms with Crippen LogP contribution in [0.5, 0.6) is 5.75 Å². The number of nitrogens with one attached hydrogen (secondary N) is 2. The van der Waals surface area contributed by atoms with Crippen LogP contribution >= 0.6 is 0 Å². The van der Waals surface area contributed by atoms with Gasteiger partial charge in [0.1, 0.15) is 11.3 Å². The Morgan fingerprint density at radius 1 is 1.24 bits per heavy atom. The highest BCUT2D eigenvalue weighted by atomic mass is 16.8. The van der Waals surface area contributed by atoms with E-state index in [1.807, 2.05) is 10.6 Å². The summed E-state index contributed by atoms with van der Waals surface area (Å²) in [5.41, 5.74) is 0.760. The number of amides is 4. The summed E-state index contributed by atoms with van der Waals surface area (Å²) in [7, 11) is 0. The molecule has 0 aliphatic carbocycles. The first-order chi connectivity index (χ1) is 12.0. The third-order valence-electron chi connectivity index (χ3n) is 3.42. The lowest BCUT2D eigenvalue weighted by Gasteiger charge is -2.14. The second-order valence-corrected chi connectivity index (χ2v) is 5.08. The summed E-state index contributed by atoms with van der Waals surface area (Å²) in [5.74, 6) is -1.29. The van der Waals surface area contributed by atoms with E-state index < -0.39 is 17.8 Å². The van der Waals surface area contributed by atoms with Crippen LogP contribution in [0.15, 0.2) is 34.5 Å². The molecular formula is C15H12N4O6. The molecule has 1 aliphatic heterocycles.